The first-order valence-electron chi connectivity index (χ1n) is 7.93. The molecule has 0 bridgehead atoms. The van der Waals surface area contributed by atoms with Crippen molar-refractivity contribution in [2.24, 2.45) is 0 Å². The van der Waals surface area contributed by atoms with E-state index in [0.29, 0.717) is 15.9 Å². The molecule has 0 unspecified atom stereocenters. The van der Waals surface area contributed by atoms with Crippen LogP contribution in [-0.2, 0) is 4.79 Å². The number of oxazole rings is 1. The minimum Gasteiger partial charge on any atom is -0.431 e. The molecule has 0 radical (unpaired) electrons. The maximum atomic E-state index is 12.0. The first-order valence-corrected chi connectivity index (χ1v) is 9.33. The summed E-state index contributed by atoms with van der Waals surface area (Å²) in [6.07, 6.45) is 0. The van der Waals surface area contributed by atoms with Gasteiger partial charge in [-0.25, -0.2) is 4.98 Å². The third-order valence-corrected chi connectivity index (χ3v) is 4.67. The van der Waals surface area contributed by atoms with Crippen molar-refractivity contribution in [2.75, 3.05) is 11.1 Å². The highest BCUT2D eigenvalue weighted by molar-refractivity contribution is 7.99. The summed E-state index contributed by atoms with van der Waals surface area (Å²) in [5.74, 6) is -0.0749. The number of fused-ring (bicyclic) bond motifs is 1. The Kier molecular flexibility index (Phi) is 5.75. The Labute approximate surface area is 160 Å². The van der Waals surface area contributed by atoms with Crippen molar-refractivity contribution < 1.29 is 9.21 Å². The zero-order valence-corrected chi connectivity index (χ0v) is 16.0. The second-order valence-corrected chi connectivity index (χ2v) is 6.97. The monoisotopic (exact) mass is 386 g/mol. The fourth-order valence-electron chi connectivity index (χ4n) is 2.36. The second kappa shape index (κ2) is 8.20. The minimum absolute atomic E-state index is 0.159. The maximum absolute atomic E-state index is 12.0. The molecular formula is C18H18N4O2S2. The van der Waals surface area contributed by atoms with E-state index >= 15 is 0 Å². The van der Waals surface area contributed by atoms with E-state index in [-0.39, 0.29) is 11.7 Å². The zero-order valence-electron chi connectivity index (χ0n) is 14.3. The number of aryl methyl sites for hydroxylation is 2. The van der Waals surface area contributed by atoms with E-state index in [2.05, 4.69) is 21.2 Å². The van der Waals surface area contributed by atoms with E-state index in [1.165, 1.54) is 11.8 Å². The molecule has 0 spiro atoms. The van der Waals surface area contributed by atoms with Gasteiger partial charge in [0, 0.05) is 5.69 Å². The van der Waals surface area contributed by atoms with Gasteiger partial charge in [0.25, 0.3) is 5.22 Å². The van der Waals surface area contributed by atoms with Crippen LogP contribution in [0.4, 0.5) is 5.69 Å². The Balaban J connectivity index is 1.47. The quantitative estimate of drug-likeness (QED) is 0.359. The van der Waals surface area contributed by atoms with Crippen LogP contribution in [0.15, 0.2) is 52.1 Å². The number of amides is 1. The number of hydrogen-bond acceptors (Lipinski definition) is 5. The van der Waals surface area contributed by atoms with Gasteiger partial charge >= 0.3 is 0 Å². The van der Waals surface area contributed by atoms with Crippen molar-refractivity contribution in [3.8, 4) is 0 Å². The number of thioether (sulfide) groups is 1. The first-order chi connectivity index (χ1) is 12.5. The van der Waals surface area contributed by atoms with Crippen molar-refractivity contribution in [2.45, 2.75) is 19.1 Å². The molecule has 0 aliphatic heterocycles. The lowest BCUT2D eigenvalue weighted by molar-refractivity contribution is -0.119. The molecule has 0 atom stereocenters. The number of carbonyl (C=O) groups excluding carboxylic acids is 1. The largest absolute Gasteiger partial charge is 0.431 e. The number of anilines is 1. The summed E-state index contributed by atoms with van der Waals surface area (Å²) >= 11 is 6.44. The van der Waals surface area contributed by atoms with Gasteiger partial charge in [-0.2, -0.15) is 0 Å². The van der Waals surface area contributed by atoms with E-state index < -0.39 is 0 Å². The highest BCUT2D eigenvalue weighted by Gasteiger charge is 2.10. The molecule has 0 saturated heterocycles. The maximum Gasteiger partial charge on any atom is 0.257 e. The number of nitrogens with one attached hydrogen (secondary N) is 3. The van der Waals surface area contributed by atoms with E-state index in [1.807, 2.05) is 56.3 Å². The molecule has 6 nitrogen and oxygen atoms in total. The fourth-order valence-corrected chi connectivity index (χ4v) is 3.15. The van der Waals surface area contributed by atoms with Gasteiger partial charge in [0.1, 0.15) is 5.52 Å². The predicted molar refractivity (Wildman–Crippen MR) is 108 cm³/mol. The Bertz CT molecular complexity index is 902. The molecule has 3 N–H and O–H groups in total. The number of thiocarbonyl (C=S) groups is 1. The van der Waals surface area contributed by atoms with Crippen LogP contribution in [-0.4, -0.2) is 21.8 Å². The molecule has 1 aromatic heterocycles. The summed E-state index contributed by atoms with van der Waals surface area (Å²) in [7, 11) is 0. The van der Waals surface area contributed by atoms with Crippen molar-refractivity contribution in [3.05, 3.63) is 53.6 Å². The lowest BCUT2D eigenvalue weighted by Crippen LogP contribution is -2.44. The molecule has 1 heterocycles. The van der Waals surface area contributed by atoms with E-state index in [4.69, 9.17) is 16.6 Å². The van der Waals surface area contributed by atoms with Gasteiger partial charge in [0.2, 0.25) is 5.91 Å². The summed E-state index contributed by atoms with van der Waals surface area (Å²) in [6, 6.07) is 13.4. The van der Waals surface area contributed by atoms with Gasteiger partial charge in [-0.15, -0.1) is 0 Å². The Morgan fingerprint density at radius 1 is 1.12 bits per heavy atom. The van der Waals surface area contributed by atoms with Crippen LogP contribution in [0.3, 0.4) is 0 Å². The number of nitrogens with zero attached hydrogens (tertiary/aromatic N) is 1. The number of carbonyl (C=O) groups is 1. The van der Waals surface area contributed by atoms with Gasteiger partial charge in [0.15, 0.2) is 10.7 Å². The summed E-state index contributed by atoms with van der Waals surface area (Å²) in [5, 5.41) is 3.87. The van der Waals surface area contributed by atoms with E-state index in [1.54, 1.807) is 0 Å². The number of hydrogen-bond donors (Lipinski definition) is 3. The van der Waals surface area contributed by atoms with Crippen molar-refractivity contribution >= 4 is 51.8 Å². The smallest absolute Gasteiger partial charge is 0.257 e. The molecule has 1 amide bonds. The fraction of sp³-hybridized carbons (Fsp3) is 0.167. The highest BCUT2D eigenvalue weighted by Crippen LogP contribution is 2.22. The van der Waals surface area contributed by atoms with Crippen LogP contribution >= 0.6 is 24.0 Å². The van der Waals surface area contributed by atoms with Crippen LogP contribution in [0.2, 0.25) is 0 Å². The SMILES string of the molecule is Cc1cccc(C)c1NC(=S)NNC(=O)CSc1nc2ccccc2o1. The average molecular weight is 387 g/mol. The molecule has 8 heteroatoms. The lowest BCUT2D eigenvalue weighted by Gasteiger charge is -2.15. The van der Waals surface area contributed by atoms with Crippen LogP contribution < -0.4 is 16.2 Å². The Morgan fingerprint density at radius 3 is 2.58 bits per heavy atom. The molecule has 134 valence electrons. The molecule has 0 fully saturated rings. The molecule has 0 aliphatic carbocycles. The average Bonchev–Trinajstić information content (AvgIpc) is 3.04. The molecule has 0 saturated carbocycles. The Morgan fingerprint density at radius 2 is 1.85 bits per heavy atom. The van der Waals surface area contributed by atoms with Gasteiger partial charge in [0.05, 0.1) is 5.75 Å². The summed E-state index contributed by atoms with van der Waals surface area (Å²) < 4.78 is 5.56. The van der Waals surface area contributed by atoms with Crippen molar-refractivity contribution in [1.82, 2.24) is 15.8 Å². The van der Waals surface area contributed by atoms with Gasteiger partial charge in [-0.05, 0) is 49.3 Å². The molecule has 3 rings (SSSR count). The summed E-state index contributed by atoms with van der Waals surface area (Å²) in [4.78, 5) is 16.3. The lowest BCUT2D eigenvalue weighted by atomic mass is 10.1. The van der Waals surface area contributed by atoms with Crippen molar-refractivity contribution in [1.29, 1.82) is 0 Å². The minimum atomic E-state index is -0.233. The molecular weight excluding hydrogens is 368 g/mol. The first kappa shape index (κ1) is 18.2. The summed E-state index contributed by atoms with van der Waals surface area (Å²) in [6.45, 7) is 3.99. The predicted octanol–water partition coefficient (Wildman–Crippen LogP) is 3.55. The molecule has 26 heavy (non-hydrogen) atoms. The van der Waals surface area contributed by atoms with Crippen molar-refractivity contribution in [3.63, 3.8) is 0 Å². The molecule has 3 aromatic rings. The van der Waals surface area contributed by atoms with Gasteiger partial charge in [-0.3, -0.25) is 15.6 Å². The third-order valence-electron chi connectivity index (χ3n) is 3.64. The Hall–Kier alpha value is -2.58. The number of hydrazine groups is 1. The van der Waals surface area contributed by atoms with Crippen LogP contribution in [0.25, 0.3) is 11.1 Å². The third kappa shape index (κ3) is 4.53. The molecule has 0 aliphatic rings. The normalized spacial score (nSPS) is 10.5. The molecule has 2 aromatic carbocycles. The van der Waals surface area contributed by atoms with Gasteiger partial charge < -0.3 is 9.73 Å². The van der Waals surface area contributed by atoms with Gasteiger partial charge in [-0.1, -0.05) is 42.1 Å². The number of benzene rings is 2. The van der Waals surface area contributed by atoms with Crippen LogP contribution in [0.5, 0.6) is 0 Å². The zero-order chi connectivity index (χ0) is 18.5. The summed E-state index contributed by atoms with van der Waals surface area (Å²) in [5.41, 5.74) is 9.82. The number of aromatic nitrogens is 1. The number of rotatable bonds is 4. The highest BCUT2D eigenvalue weighted by atomic mass is 32.2. The standard InChI is InChI=1S/C18H18N4O2S2/c1-11-6-5-7-12(2)16(11)20-17(25)22-21-15(23)10-26-18-19-13-8-3-4-9-14(13)24-18/h3-9H,10H2,1-2H3,(H,21,23)(H2,20,22,25). The number of para-hydroxylation sites is 3. The van der Waals surface area contributed by atoms with Crippen LogP contribution in [0.1, 0.15) is 11.1 Å². The van der Waals surface area contributed by atoms with Crippen LogP contribution in [0, 0.1) is 13.8 Å². The van der Waals surface area contributed by atoms with E-state index in [0.717, 1.165) is 22.3 Å². The topological polar surface area (TPSA) is 79.2 Å². The second-order valence-electron chi connectivity index (χ2n) is 5.63. The van der Waals surface area contributed by atoms with E-state index in [9.17, 15) is 4.79 Å².